The van der Waals surface area contributed by atoms with Crippen molar-refractivity contribution in [1.29, 1.82) is 0 Å². The van der Waals surface area contributed by atoms with Crippen molar-refractivity contribution in [2.75, 3.05) is 7.05 Å². The molecular formula is C31H36F2N6O2. The summed E-state index contributed by atoms with van der Waals surface area (Å²) in [6.07, 6.45) is 7.27. The lowest BCUT2D eigenvalue weighted by molar-refractivity contribution is -0.131. The topological polar surface area (TPSA) is 110 Å². The van der Waals surface area contributed by atoms with Crippen molar-refractivity contribution in [1.82, 2.24) is 24.5 Å². The van der Waals surface area contributed by atoms with Crippen molar-refractivity contribution in [3.63, 3.8) is 0 Å². The summed E-state index contributed by atoms with van der Waals surface area (Å²) in [5.41, 5.74) is 8.00. The number of aromatic nitrogens is 4. The third-order valence-electron chi connectivity index (χ3n) is 8.37. The second kappa shape index (κ2) is 10.9. The fourth-order valence-electron chi connectivity index (χ4n) is 6.22. The van der Waals surface area contributed by atoms with E-state index in [0.717, 1.165) is 36.1 Å². The Bertz CT molecular complexity index is 1560. The summed E-state index contributed by atoms with van der Waals surface area (Å²) in [5, 5.41) is 14.8. The normalized spacial score (nSPS) is 21.3. The van der Waals surface area contributed by atoms with Crippen LogP contribution in [0.5, 0.6) is 0 Å². The number of amides is 1. The average Bonchev–Trinajstić information content (AvgIpc) is 3.29. The molecule has 4 atom stereocenters. The van der Waals surface area contributed by atoms with Crippen LogP contribution >= 0.6 is 0 Å². The number of fused-ring (bicyclic) bond motifs is 1. The molecule has 1 fully saturated rings. The molecule has 4 aromatic rings. The molecule has 41 heavy (non-hydrogen) atoms. The molecular weight excluding hydrogens is 526 g/mol. The summed E-state index contributed by atoms with van der Waals surface area (Å²) in [6, 6.07) is 7.37. The predicted molar refractivity (Wildman–Crippen MR) is 152 cm³/mol. The molecule has 1 aliphatic rings. The number of nitrogens with zero attached hydrogens (tertiary/aromatic N) is 5. The Balaban J connectivity index is 1.46. The number of rotatable bonds is 6. The molecule has 1 saturated carbocycles. The first-order valence-electron chi connectivity index (χ1n) is 13.8. The van der Waals surface area contributed by atoms with Crippen LogP contribution < -0.4 is 5.73 Å². The first-order chi connectivity index (χ1) is 19.3. The molecule has 5 rings (SSSR count). The van der Waals surface area contributed by atoms with E-state index in [0.29, 0.717) is 17.8 Å². The van der Waals surface area contributed by atoms with Gasteiger partial charge < -0.3 is 15.7 Å². The summed E-state index contributed by atoms with van der Waals surface area (Å²) in [7, 11) is 1.81. The average molecular weight is 563 g/mol. The maximum Gasteiger partial charge on any atom is 0.219 e. The number of benzene rings is 1. The Morgan fingerprint density at radius 2 is 1.88 bits per heavy atom. The van der Waals surface area contributed by atoms with E-state index in [1.165, 1.54) is 13.8 Å². The van der Waals surface area contributed by atoms with Crippen molar-refractivity contribution < 1.29 is 18.7 Å². The van der Waals surface area contributed by atoms with Gasteiger partial charge in [-0.15, -0.1) is 0 Å². The van der Waals surface area contributed by atoms with Crippen molar-refractivity contribution in [2.24, 2.45) is 11.7 Å². The van der Waals surface area contributed by atoms with Crippen molar-refractivity contribution in [3.8, 4) is 11.3 Å². The van der Waals surface area contributed by atoms with E-state index in [4.69, 9.17) is 5.73 Å². The Labute approximate surface area is 238 Å². The largest absolute Gasteiger partial charge is 0.386 e. The summed E-state index contributed by atoms with van der Waals surface area (Å²) < 4.78 is 31.8. The molecule has 1 aliphatic carbocycles. The highest BCUT2D eigenvalue weighted by atomic mass is 19.1. The van der Waals surface area contributed by atoms with E-state index in [1.54, 1.807) is 40.9 Å². The maximum absolute atomic E-state index is 15.1. The molecule has 1 amide bonds. The minimum atomic E-state index is -1.39. The van der Waals surface area contributed by atoms with Crippen LogP contribution in [-0.4, -0.2) is 54.6 Å². The highest BCUT2D eigenvalue weighted by molar-refractivity contribution is 5.73. The molecule has 0 bridgehead atoms. The number of carbonyl (C=O) groups is 1. The van der Waals surface area contributed by atoms with Crippen LogP contribution in [0.15, 0.2) is 48.9 Å². The lowest BCUT2D eigenvalue weighted by Crippen LogP contribution is -2.54. The lowest BCUT2D eigenvalue weighted by Gasteiger charge is -2.43. The van der Waals surface area contributed by atoms with Gasteiger partial charge >= 0.3 is 0 Å². The quantitative estimate of drug-likeness (QED) is 0.356. The first-order valence-corrected chi connectivity index (χ1v) is 13.8. The van der Waals surface area contributed by atoms with Gasteiger partial charge in [0.2, 0.25) is 5.91 Å². The standard InChI is InChI=1S/C31H36F2N6O2/c1-17-10-19(11-26(34)30(17)38(5)18(2)40)23-8-9-35-15-20(23)12-28-36-16-22-6-7-27(37-39(22)28)29-24(32)13-21(14-25(29)33)31(3,4)41/h6-9,13-17,19,26,30,41H,10-12,34H2,1-5H3/t17-,19+,26+,30-/m0/s1. The SMILES string of the molecule is CC(=O)N(C)[C@@H]1[C@H](N)C[C@H](c2ccncc2Cc2ncc3ccc(-c4c(F)cc(C(C)(C)O)cc4F)nn23)C[C@@H]1C. The monoisotopic (exact) mass is 562 g/mol. The number of hydrogen-bond acceptors (Lipinski definition) is 6. The molecule has 0 spiro atoms. The van der Waals surface area contributed by atoms with Crippen LogP contribution in [-0.2, 0) is 16.8 Å². The number of imidazole rings is 1. The van der Waals surface area contributed by atoms with Gasteiger partial charge in [0.1, 0.15) is 17.5 Å². The number of likely N-dealkylation sites (N-methyl/N-ethyl adjacent to an activating group) is 1. The predicted octanol–water partition coefficient (Wildman–Crippen LogP) is 4.58. The molecule has 0 radical (unpaired) electrons. The molecule has 3 N–H and O–H groups in total. The van der Waals surface area contributed by atoms with Gasteiger partial charge in [-0.25, -0.2) is 18.3 Å². The van der Waals surface area contributed by atoms with Crippen LogP contribution in [0.3, 0.4) is 0 Å². The van der Waals surface area contributed by atoms with Crippen LogP contribution in [0.25, 0.3) is 16.8 Å². The van der Waals surface area contributed by atoms with Crippen LogP contribution in [0.1, 0.15) is 69.0 Å². The van der Waals surface area contributed by atoms with E-state index in [1.807, 2.05) is 19.3 Å². The van der Waals surface area contributed by atoms with Crippen molar-refractivity contribution >= 4 is 11.4 Å². The number of nitrogens with two attached hydrogens (primary N) is 1. The molecule has 10 heteroatoms. The number of aliphatic hydroxyl groups is 1. The molecule has 1 aromatic carbocycles. The highest BCUT2D eigenvalue weighted by Crippen LogP contribution is 2.39. The summed E-state index contributed by atoms with van der Waals surface area (Å²) in [6.45, 7) is 6.64. The van der Waals surface area contributed by atoms with Crippen LogP contribution in [0.4, 0.5) is 8.78 Å². The zero-order chi connectivity index (χ0) is 29.6. The maximum atomic E-state index is 15.1. The number of hydrogen-bond donors (Lipinski definition) is 2. The molecule has 3 heterocycles. The van der Waals surface area contributed by atoms with Gasteiger partial charge in [-0.3, -0.25) is 9.78 Å². The van der Waals surface area contributed by atoms with Gasteiger partial charge in [0.25, 0.3) is 0 Å². The smallest absolute Gasteiger partial charge is 0.219 e. The van der Waals surface area contributed by atoms with Gasteiger partial charge in [0.15, 0.2) is 0 Å². The third-order valence-corrected chi connectivity index (χ3v) is 8.37. The Morgan fingerprint density at radius 3 is 2.51 bits per heavy atom. The van der Waals surface area contributed by atoms with E-state index in [2.05, 4.69) is 22.0 Å². The van der Waals surface area contributed by atoms with E-state index in [-0.39, 0.29) is 46.6 Å². The Hall–Kier alpha value is -3.76. The number of pyridine rings is 1. The summed E-state index contributed by atoms with van der Waals surface area (Å²) in [4.78, 5) is 22.7. The molecule has 0 saturated heterocycles. The Morgan fingerprint density at radius 1 is 1.17 bits per heavy atom. The van der Waals surface area contributed by atoms with Crippen LogP contribution in [0.2, 0.25) is 0 Å². The van der Waals surface area contributed by atoms with Crippen LogP contribution in [0, 0.1) is 17.6 Å². The molecule has 0 aliphatic heterocycles. The fraction of sp³-hybridized carbons (Fsp3) is 0.419. The van der Waals surface area contributed by atoms with Gasteiger partial charge in [0, 0.05) is 44.9 Å². The lowest BCUT2D eigenvalue weighted by atomic mass is 9.72. The zero-order valence-electron chi connectivity index (χ0n) is 24.0. The number of halogens is 2. The van der Waals surface area contributed by atoms with E-state index in [9.17, 15) is 9.90 Å². The van der Waals surface area contributed by atoms with E-state index >= 15 is 8.78 Å². The van der Waals surface area contributed by atoms with Gasteiger partial charge in [-0.1, -0.05) is 6.92 Å². The third kappa shape index (κ3) is 5.58. The number of carbonyl (C=O) groups excluding carboxylic acids is 1. The van der Waals surface area contributed by atoms with E-state index < -0.39 is 17.2 Å². The van der Waals surface area contributed by atoms with Gasteiger partial charge in [-0.2, -0.15) is 5.10 Å². The summed E-state index contributed by atoms with van der Waals surface area (Å²) >= 11 is 0. The minimum Gasteiger partial charge on any atom is -0.386 e. The fourth-order valence-corrected chi connectivity index (χ4v) is 6.22. The molecule has 8 nitrogen and oxygen atoms in total. The second-order valence-electron chi connectivity index (χ2n) is 11.8. The highest BCUT2D eigenvalue weighted by Gasteiger charge is 2.38. The Kier molecular flexibility index (Phi) is 7.65. The van der Waals surface area contributed by atoms with Gasteiger partial charge in [-0.05, 0) is 85.5 Å². The van der Waals surface area contributed by atoms with Crippen molar-refractivity contribution in [3.05, 3.63) is 83.1 Å². The second-order valence-corrected chi connectivity index (χ2v) is 11.8. The first kappa shape index (κ1) is 28.8. The zero-order valence-corrected chi connectivity index (χ0v) is 24.0. The van der Waals surface area contributed by atoms with Gasteiger partial charge in [0.05, 0.1) is 28.6 Å². The molecule has 0 unspecified atom stereocenters. The minimum absolute atomic E-state index is 0.00588. The molecule has 216 valence electrons. The summed E-state index contributed by atoms with van der Waals surface area (Å²) in [5.74, 6) is -0.605. The molecule has 3 aromatic heterocycles. The van der Waals surface area contributed by atoms with Crippen molar-refractivity contribution in [2.45, 2.75) is 70.6 Å².